The van der Waals surface area contributed by atoms with Crippen LogP contribution in [-0.4, -0.2) is 48.1 Å². The number of hydrogen-bond donors (Lipinski definition) is 1. The maximum atomic E-state index is 5.86. The Bertz CT molecular complexity index is 444. The molecular weight excluding hydrogens is 248 g/mol. The predicted octanol–water partition coefficient (Wildman–Crippen LogP) is 1.81. The van der Waals surface area contributed by atoms with Crippen LogP contribution in [0.4, 0.5) is 5.82 Å². The maximum absolute atomic E-state index is 5.86. The fourth-order valence-electron chi connectivity index (χ4n) is 3.10. The number of aryl methyl sites for hydroxylation is 1. The van der Waals surface area contributed by atoms with E-state index in [0.717, 1.165) is 38.4 Å². The largest absolute Gasteiger partial charge is 0.354 e. The molecule has 4 nitrogen and oxygen atoms in total. The molecule has 2 atom stereocenters. The summed E-state index contributed by atoms with van der Waals surface area (Å²) in [5.41, 5.74) is 8.36. The van der Waals surface area contributed by atoms with Gasteiger partial charge in [-0.1, -0.05) is 13.0 Å². The normalized spacial score (nSPS) is 22.1. The van der Waals surface area contributed by atoms with E-state index in [1.807, 2.05) is 13.1 Å². The van der Waals surface area contributed by atoms with Gasteiger partial charge in [-0.2, -0.15) is 0 Å². The van der Waals surface area contributed by atoms with Crippen LogP contribution in [0.3, 0.4) is 0 Å². The SMILES string of the molecule is CCN1CCN(c2ncc(CC(C)N)cc2C)CC1C. The first-order chi connectivity index (χ1) is 9.51. The van der Waals surface area contributed by atoms with Crippen molar-refractivity contribution in [3.05, 3.63) is 23.4 Å². The highest BCUT2D eigenvalue weighted by atomic mass is 15.3. The number of rotatable bonds is 4. The van der Waals surface area contributed by atoms with Gasteiger partial charge in [0.15, 0.2) is 0 Å². The molecule has 20 heavy (non-hydrogen) atoms. The molecular formula is C16H28N4. The van der Waals surface area contributed by atoms with E-state index in [2.05, 4.69) is 36.6 Å². The van der Waals surface area contributed by atoms with Gasteiger partial charge in [-0.25, -0.2) is 4.98 Å². The molecule has 1 fully saturated rings. The van der Waals surface area contributed by atoms with Gasteiger partial charge < -0.3 is 10.6 Å². The predicted molar refractivity (Wildman–Crippen MR) is 85.2 cm³/mol. The van der Waals surface area contributed by atoms with Crippen LogP contribution in [0.5, 0.6) is 0 Å². The van der Waals surface area contributed by atoms with Crippen LogP contribution in [0.2, 0.25) is 0 Å². The summed E-state index contributed by atoms with van der Waals surface area (Å²) in [5.74, 6) is 1.14. The van der Waals surface area contributed by atoms with E-state index in [4.69, 9.17) is 10.7 Å². The highest BCUT2D eigenvalue weighted by Crippen LogP contribution is 2.21. The first-order valence-electron chi connectivity index (χ1n) is 7.71. The lowest BCUT2D eigenvalue weighted by Crippen LogP contribution is -2.52. The summed E-state index contributed by atoms with van der Waals surface area (Å²) >= 11 is 0. The first-order valence-corrected chi connectivity index (χ1v) is 7.71. The third-order valence-electron chi connectivity index (χ3n) is 4.14. The molecule has 2 N–H and O–H groups in total. The molecule has 0 aromatic carbocycles. The number of anilines is 1. The fourth-order valence-corrected chi connectivity index (χ4v) is 3.10. The van der Waals surface area contributed by atoms with Crippen molar-refractivity contribution in [2.75, 3.05) is 31.1 Å². The molecule has 1 aliphatic heterocycles. The van der Waals surface area contributed by atoms with Gasteiger partial charge in [-0.15, -0.1) is 0 Å². The van der Waals surface area contributed by atoms with E-state index >= 15 is 0 Å². The van der Waals surface area contributed by atoms with Crippen molar-refractivity contribution in [3.8, 4) is 0 Å². The van der Waals surface area contributed by atoms with Crippen molar-refractivity contribution in [1.82, 2.24) is 9.88 Å². The molecule has 1 aromatic rings. The maximum Gasteiger partial charge on any atom is 0.131 e. The molecule has 0 saturated carbocycles. The number of pyridine rings is 1. The smallest absolute Gasteiger partial charge is 0.131 e. The van der Waals surface area contributed by atoms with Crippen LogP contribution in [0.25, 0.3) is 0 Å². The fraction of sp³-hybridized carbons (Fsp3) is 0.688. The minimum Gasteiger partial charge on any atom is -0.354 e. The Morgan fingerprint density at radius 1 is 1.45 bits per heavy atom. The average molecular weight is 276 g/mol. The Morgan fingerprint density at radius 3 is 2.75 bits per heavy atom. The lowest BCUT2D eigenvalue weighted by atomic mass is 10.1. The molecule has 0 bridgehead atoms. The van der Waals surface area contributed by atoms with Gasteiger partial charge in [-0.3, -0.25) is 4.90 Å². The average Bonchev–Trinajstić information content (AvgIpc) is 2.38. The Kier molecular flexibility index (Phi) is 5.00. The second kappa shape index (κ2) is 6.55. The van der Waals surface area contributed by atoms with Crippen molar-refractivity contribution in [2.45, 2.75) is 46.2 Å². The lowest BCUT2D eigenvalue weighted by Gasteiger charge is -2.40. The summed E-state index contributed by atoms with van der Waals surface area (Å²) in [6.07, 6.45) is 2.89. The summed E-state index contributed by atoms with van der Waals surface area (Å²) in [5, 5.41) is 0. The van der Waals surface area contributed by atoms with Crippen LogP contribution in [0.15, 0.2) is 12.3 Å². The number of hydrogen-bond acceptors (Lipinski definition) is 4. The number of aromatic nitrogens is 1. The molecule has 0 spiro atoms. The van der Waals surface area contributed by atoms with Crippen LogP contribution >= 0.6 is 0 Å². The quantitative estimate of drug-likeness (QED) is 0.911. The zero-order valence-corrected chi connectivity index (χ0v) is 13.3. The van der Waals surface area contributed by atoms with E-state index in [1.54, 1.807) is 0 Å². The zero-order valence-electron chi connectivity index (χ0n) is 13.3. The molecule has 2 rings (SSSR count). The molecule has 0 amide bonds. The number of nitrogens with zero attached hydrogens (tertiary/aromatic N) is 3. The van der Waals surface area contributed by atoms with Crippen molar-refractivity contribution in [1.29, 1.82) is 0 Å². The second-order valence-electron chi connectivity index (χ2n) is 6.09. The standard InChI is InChI=1S/C16H28N4/c1-5-19-6-7-20(11-14(19)4)16-12(2)8-15(10-18-16)9-13(3)17/h8,10,13-14H,5-7,9,11,17H2,1-4H3. The van der Waals surface area contributed by atoms with Gasteiger partial charge in [0.1, 0.15) is 5.82 Å². The van der Waals surface area contributed by atoms with Gasteiger partial charge in [0.05, 0.1) is 0 Å². The lowest BCUT2D eigenvalue weighted by molar-refractivity contribution is 0.199. The van der Waals surface area contributed by atoms with E-state index in [-0.39, 0.29) is 6.04 Å². The molecule has 112 valence electrons. The highest BCUT2D eigenvalue weighted by Gasteiger charge is 2.24. The number of likely N-dealkylation sites (N-methyl/N-ethyl adjacent to an activating group) is 1. The first kappa shape index (κ1) is 15.3. The Morgan fingerprint density at radius 2 is 2.20 bits per heavy atom. The Labute approximate surface area is 123 Å². The van der Waals surface area contributed by atoms with Crippen LogP contribution < -0.4 is 10.6 Å². The summed E-state index contributed by atoms with van der Waals surface area (Å²) in [7, 11) is 0. The van der Waals surface area contributed by atoms with Gasteiger partial charge in [0.25, 0.3) is 0 Å². The zero-order chi connectivity index (χ0) is 14.7. The molecule has 2 unspecified atom stereocenters. The molecule has 1 saturated heterocycles. The van der Waals surface area contributed by atoms with Gasteiger partial charge in [-0.05, 0) is 44.9 Å². The van der Waals surface area contributed by atoms with Gasteiger partial charge >= 0.3 is 0 Å². The van der Waals surface area contributed by atoms with E-state index in [9.17, 15) is 0 Å². The van der Waals surface area contributed by atoms with E-state index < -0.39 is 0 Å². The van der Waals surface area contributed by atoms with Crippen LogP contribution in [-0.2, 0) is 6.42 Å². The summed E-state index contributed by atoms with van der Waals surface area (Å²) < 4.78 is 0. The van der Waals surface area contributed by atoms with Crippen molar-refractivity contribution in [2.24, 2.45) is 5.73 Å². The van der Waals surface area contributed by atoms with E-state index in [0.29, 0.717) is 6.04 Å². The van der Waals surface area contributed by atoms with Crippen LogP contribution in [0.1, 0.15) is 31.9 Å². The summed E-state index contributed by atoms with van der Waals surface area (Å²) in [4.78, 5) is 9.63. The molecule has 4 heteroatoms. The minimum absolute atomic E-state index is 0.190. The molecule has 2 heterocycles. The van der Waals surface area contributed by atoms with Crippen molar-refractivity contribution in [3.63, 3.8) is 0 Å². The van der Waals surface area contributed by atoms with Crippen molar-refractivity contribution < 1.29 is 0 Å². The third kappa shape index (κ3) is 3.49. The summed E-state index contributed by atoms with van der Waals surface area (Å²) in [6.45, 7) is 13.1. The number of piperazine rings is 1. The molecule has 1 aromatic heterocycles. The highest BCUT2D eigenvalue weighted by molar-refractivity contribution is 5.48. The van der Waals surface area contributed by atoms with Gasteiger partial charge in [0.2, 0.25) is 0 Å². The minimum atomic E-state index is 0.190. The topological polar surface area (TPSA) is 45.4 Å². The molecule has 1 aliphatic rings. The van der Waals surface area contributed by atoms with Gasteiger partial charge in [0, 0.05) is 37.9 Å². The summed E-state index contributed by atoms with van der Waals surface area (Å²) in [6, 6.07) is 3.02. The molecule has 0 aliphatic carbocycles. The van der Waals surface area contributed by atoms with Crippen molar-refractivity contribution >= 4 is 5.82 Å². The Balaban J connectivity index is 2.10. The number of nitrogens with two attached hydrogens (primary N) is 1. The second-order valence-corrected chi connectivity index (χ2v) is 6.09. The van der Waals surface area contributed by atoms with E-state index in [1.165, 1.54) is 11.1 Å². The Hall–Kier alpha value is -1.13. The monoisotopic (exact) mass is 276 g/mol. The third-order valence-corrected chi connectivity index (χ3v) is 4.14. The van der Waals surface area contributed by atoms with Crippen LogP contribution in [0, 0.1) is 6.92 Å². The molecule has 0 radical (unpaired) electrons.